The van der Waals surface area contributed by atoms with E-state index in [0.717, 1.165) is 37.2 Å². The Balaban J connectivity index is 1.51. The molecule has 1 saturated heterocycles. The Morgan fingerprint density at radius 3 is 3.08 bits per heavy atom. The van der Waals surface area contributed by atoms with Crippen molar-refractivity contribution in [1.29, 1.82) is 0 Å². The molecule has 26 heavy (non-hydrogen) atoms. The molecular formula is C18H24N4O2S2. The van der Waals surface area contributed by atoms with Gasteiger partial charge in [0, 0.05) is 36.9 Å². The van der Waals surface area contributed by atoms with Gasteiger partial charge in [-0.2, -0.15) is 16.9 Å². The Kier molecular flexibility index (Phi) is 6.73. The van der Waals surface area contributed by atoms with Gasteiger partial charge in [-0.25, -0.2) is 0 Å². The zero-order chi connectivity index (χ0) is 18.4. The van der Waals surface area contributed by atoms with Gasteiger partial charge in [0.15, 0.2) is 0 Å². The molecule has 0 spiro atoms. The molecule has 1 fully saturated rings. The molecule has 1 N–H and O–H groups in total. The summed E-state index contributed by atoms with van der Waals surface area (Å²) in [5.41, 5.74) is 0. The highest BCUT2D eigenvalue weighted by atomic mass is 32.2. The van der Waals surface area contributed by atoms with Gasteiger partial charge in [0.05, 0.1) is 16.7 Å². The van der Waals surface area contributed by atoms with E-state index in [-0.39, 0.29) is 17.9 Å². The molecular weight excluding hydrogens is 368 g/mol. The highest BCUT2D eigenvalue weighted by Gasteiger charge is 2.30. The van der Waals surface area contributed by atoms with Crippen LogP contribution in [0, 0.1) is 0 Å². The maximum Gasteiger partial charge on any atom is 0.261 e. The Hall–Kier alpha value is -1.80. The summed E-state index contributed by atoms with van der Waals surface area (Å²) in [5, 5.41) is 7.11. The Morgan fingerprint density at radius 2 is 2.31 bits per heavy atom. The van der Waals surface area contributed by atoms with Crippen LogP contribution in [0.1, 0.15) is 39.9 Å². The fourth-order valence-electron chi connectivity index (χ4n) is 3.18. The molecule has 1 aliphatic heterocycles. The fourth-order valence-corrected chi connectivity index (χ4v) is 4.67. The van der Waals surface area contributed by atoms with Crippen molar-refractivity contribution < 1.29 is 9.59 Å². The number of thiophene rings is 1. The Morgan fingerprint density at radius 1 is 1.42 bits per heavy atom. The van der Waals surface area contributed by atoms with E-state index in [4.69, 9.17) is 0 Å². The summed E-state index contributed by atoms with van der Waals surface area (Å²) in [6.07, 6.45) is 8.46. The van der Waals surface area contributed by atoms with Crippen LogP contribution in [-0.4, -0.2) is 51.6 Å². The summed E-state index contributed by atoms with van der Waals surface area (Å²) in [5.74, 6) is 0.672. The molecule has 3 rings (SSSR count). The lowest BCUT2D eigenvalue weighted by Crippen LogP contribution is -2.31. The number of likely N-dealkylation sites (tertiary alicyclic amines) is 1. The summed E-state index contributed by atoms with van der Waals surface area (Å²) in [6, 6.07) is 5.89. The van der Waals surface area contributed by atoms with Crippen LogP contribution in [0.15, 0.2) is 30.6 Å². The average molecular weight is 393 g/mol. The number of amides is 2. The second-order valence-corrected chi connectivity index (χ2v) is 8.24. The molecule has 0 bridgehead atoms. The van der Waals surface area contributed by atoms with Crippen molar-refractivity contribution in [1.82, 2.24) is 20.0 Å². The van der Waals surface area contributed by atoms with Gasteiger partial charge in [-0.05, 0) is 43.7 Å². The normalized spacial score (nSPS) is 16.8. The lowest BCUT2D eigenvalue weighted by molar-refractivity contribution is -0.129. The molecule has 1 aliphatic rings. The van der Waals surface area contributed by atoms with Crippen LogP contribution in [0.2, 0.25) is 0 Å². The van der Waals surface area contributed by atoms with E-state index in [9.17, 15) is 9.59 Å². The molecule has 1 atom stereocenters. The third kappa shape index (κ3) is 4.67. The minimum atomic E-state index is -0.0401. The number of carbonyl (C=O) groups is 2. The van der Waals surface area contributed by atoms with Crippen LogP contribution in [-0.2, 0) is 11.3 Å². The van der Waals surface area contributed by atoms with Gasteiger partial charge in [0.2, 0.25) is 5.91 Å². The quantitative estimate of drug-likeness (QED) is 0.702. The summed E-state index contributed by atoms with van der Waals surface area (Å²) < 4.78 is 1.86. The molecule has 2 aromatic heterocycles. The molecule has 140 valence electrons. The van der Waals surface area contributed by atoms with Crippen LogP contribution in [0.25, 0.3) is 0 Å². The zero-order valence-electron chi connectivity index (χ0n) is 14.9. The highest BCUT2D eigenvalue weighted by molar-refractivity contribution is 7.99. The molecule has 6 nitrogen and oxygen atoms in total. The monoisotopic (exact) mass is 392 g/mol. The average Bonchev–Trinajstić information content (AvgIpc) is 3.39. The topological polar surface area (TPSA) is 67.2 Å². The lowest BCUT2D eigenvalue weighted by Gasteiger charge is -2.23. The van der Waals surface area contributed by atoms with Gasteiger partial charge in [-0.3, -0.25) is 14.3 Å². The van der Waals surface area contributed by atoms with Crippen molar-refractivity contribution in [3.8, 4) is 0 Å². The smallest absolute Gasteiger partial charge is 0.261 e. The summed E-state index contributed by atoms with van der Waals surface area (Å²) in [6.45, 7) is 2.22. The zero-order valence-corrected chi connectivity index (χ0v) is 16.5. The lowest BCUT2D eigenvalue weighted by atomic mass is 10.2. The van der Waals surface area contributed by atoms with E-state index in [0.29, 0.717) is 17.2 Å². The maximum absolute atomic E-state index is 12.3. The number of aryl methyl sites for hydroxylation is 1. The Bertz CT molecular complexity index is 729. The van der Waals surface area contributed by atoms with Crippen LogP contribution in [0.5, 0.6) is 0 Å². The van der Waals surface area contributed by atoms with Gasteiger partial charge < -0.3 is 10.2 Å². The molecule has 8 heteroatoms. The van der Waals surface area contributed by atoms with Gasteiger partial charge in [-0.1, -0.05) is 0 Å². The highest BCUT2D eigenvalue weighted by Crippen LogP contribution is 2.36. The number of carbonyl (C=O) groups excluding carboxylic acids is 2. The first-order valence-corrected chi connectivity index (χ1v) is 11.0. The van der Waals surface area contributed by atoms with E-state index < -0.39 is 0 Å². The van der Waals surface area contributed by atoms with Gasteiger partial charge in [0.25, 0.3) is 5.91 Å². The molecule has 1 unspecified atom stereocenters. The summed E-state index contributed by atoms with van der Waals surface area (Å²) >= 11 is 3.06. The maximum atomic E-state index is 12.3. The summed E-state index contributed by atoms with van der Waals surface area (Å²) in [4.78, 5) is 28.4. The number of nitrogens with zero attached hydrogens (tertiary/aromatic N) is 3. The predicted octanol–water partition coefficient (Wildman–Crippen LogP) is 2.79. The molecule has 0 saturated carbocycles. The van der Waals surface area contributed by atoms with Crippen LogP contribution in [0.3, 0.4) is 0 Å². The standard InChI is InChI=1S/C18H24N4O2S2/c1-25-13-17(23)22-12-2-5-14(22)15-6-7-16(26-15)18(24)19-8-3-10-21-11-4-9-20-21/h4,6-7,9,11,14H,2-3,5,8,10,12-13H2,1H3,(H,19,24). The van der Waals surface area contributed by atoms with Crippen LogP contribution >= 0.6 is 23.1 Å². The van der Waals surface area contributed by atoms with Crippen LogP contribution < -0.4 is 5.32 Å². The summed E-state index contributed by atoms with van der Waals surface area (Å²) in [7, 11) is 0. The third-order valence-electron chi connectivity index (χ3n) is 4.43. The van der Waals surface area contributed by atoms with E-state index in [1.165, 1.54) is 11.3 Å². The van der Waals surface area contributed by atoms with Gasteiger partial charge in [0.1, 0.15) is 0 Å². The minimum Gasteiger partial charge on any atom is -0.351 e. The van der Waals surface area contributed by atoms with Crippen molar-refractivity contribution in [2.75, 3.05) is 25.1 Å². The molecule has 2 amide bonds. The molecule has 0 aromatic carbocycles. The van der Waals surface area contributed by atoms with Gasteiger partial charge in [-0.15, -0.1) is 11.3 Å². The third-order valence-corrected chi connectivity index (χ3v) is 6.15. The second kappa shape index (κ2) is 9.23. The predicted molar refractivity (Wildman–Crippen MR) is 106 cm³/mol. The largest absolute Gasteiger partial charge is 0.351 e. The fraction of sp³-hybridized carbons (Fsp3) is 0.500. The first-order chi connectivity index (χ1) is 12.7. The number of thioether (sulfide) groups is 1. The number of hydrogen-bond acceptors (Lipinski definition) is 5. The minimum absolute atomic E-state index is 0.0401. The van der Waals surface area contributed by atoms with Crippen molar-refractivity contribution in [2.45, 2.75) is 31.8 Å². The number of aromatic nitrogens is 2. The van der Waals surface area contributed by atoms with Crippen molar-refractivity contribution in [3.05, 3.63) is 40.3 Å². The van der Waals surface area contributed by atoms with E-state index in [1.807, 2.05) is 40.2 Å². The molecule has 0 radical (unpaired) electrons. The molecule has 3 heterocycles. The second-order valence-electron chi connectivity index (χ2n) is 6.26. The first kappa shape index (κ1) is 19.0. The van der Waals surface area contributed by atoms with Crippen LogP contribution in [0.4, 0.5) is 0 Å². The SMILES string of the molecule is CSCC(=O)N1CCCC1c1ccc(C(=O)NCCCn2cccn2)s1. The van der Waals surface area contributed by atoms with Crippen molar-refractivity contribution >= 4 is 34.9 Å². The number of nitrogens with one attached hydrogen (secondary N) is 1. The number of hydrogen-bond donors (Lipinski definition) is 1. The molecule has 0 aliphatic carbocycles. The number of rotatable bonds is 8. The van der Waals surface area contributed by atoms with Crippen molar-refractivity contribution in [2.24, 2.45) is 0 Å². The Labute approximate surface area is 162 Å². The van der Waals surface area contributed by atoms with E-state index in [2.05, 4.69) is 10.4 Å². The van der Waals surface area contributed by atoms with Gasteiger partial charge >= 0.3 is 0 Å². The van der Waals surface area contributed by atoms with E-state index in [1.54, 1.807) is 18.0 Å². The van der Waals surface area contributed by atoms with Crippen molar-refractivity contribution in [3.63, 3.8) is 0 Å². The van der Waals surface area contributed by atoms with E-state index >= 15 is 0 Å². The molecule has 2 aromatic rings. The first-order valence-electron chi connectivity index (χ1n) is 8.83.